The number of hydrogen-bond acceptors (Lipinski definition) is 5. The Labute approximate surface area is 166 Å². The molecule has 144 valence electrons. The lowest BCUT2D eigenvalue weighted by Gasteiger charge is -2.09. The Kier molecular flexibility index (Phi) is 5.03. The quantitative estimate of drug-likeness (QED) is 0.418. The van der Waals surface area contributed by atoms with Crippen molar-refractivity contribution >= 4 is 34.3 Å². The first-order chi connectivity index (χ1) is 13.4. The zero-order valence-electron chi connectivity index (χ0n) is 14.1. The van der Waals surface area contributed by atoms with Gasteiger partial charge in [-0.25, -0.2) is 0 Å². The fraction of sp³-hybridized carbons (Fsp3) is 0.167. The van der Waals surface area contributed by atoms with Gasteiger partial charge < -0.3 is 4.42 Å². The highest BCUT2D eigenvalue weighted by Crippen LogP contribution is 2.40. The molecule has 0 aliphatic heterocycles. The molecule has 0 spiro atoms. The summed E-state index contributed by atoms with van der Waals surface area (Å²) in [7, 11) is 0. The molecule has 0 aliphatic carbocycles. The second-order valence-corrected chi connectivity index (χ2v) is 7.54. The Balaban J connectivity index is 1.47. The van der Waals surface area contributed by atoms with E-state index < -0.39 is 5.51 Å². The maximum Gasteiger partial charge on any atom is 0.446 e. The molecule has 0 amide bonds. The number of aromatic amines is 1. The summed E-state index contributed by atoms with van der Waals surface area (Å²) in [6.07, 6.45) is 1.33. The van der Waals surface area contributed by atoms with E-state index in [4.69, 9.17) is 16.0 Å². The molecule has 0 saturated heterocycles. The molecule has 0 atom stereocenters. The Hall–Kier alpha value is -2.52. The molecular weight excluding hydrogens is 413 g/mol. The van der Waals surface area contributed by atoms with Gasteiger partial charge in [0.2, 0.25) is 5.82 Å². The molecule has 0 fully saturated rings. The van der Waals surface area contributed by atoms with Gasteiger partial charge in [-0.15, -0.1) is 10.2 Å². The van der Waals surface area contributed by atoms with Gasteiger partial charge in [-0.1, -0.05) is 29.8 Å². The van der Waals surface area contributed by atoms with Gasteiger partial charge in [0.05, 0.1) is 5.02 Å². The van der Waals surface area contributed by atoms with Crippen LogP contribution in [0.2, 0.25) is 5.02 Å². The van der Waals surface area contributed by atoms with E-state index in [9.17, 15) is 13.2 Å². The predicted molar refractivity (Wildman–Crippen MR) is 100 cm³/mol. The Morgan fingerprint density at radius 2 is 1.79 bits per heavy atom. The average molecular weight is 425 g/mol. The maximum absolute atomic E-state index is 12.5. The summed E-state index contributed by atoms with van der Waals surface area (Å²) in [6.45, 7) is 0. The maximum atomic E-state index is 12.5. The molecule has 0 aliphatic rings. The van der Waals surface area contributed by atoms with Gasteiger partial charge in [-0.2, -0.15) is 18.4 Å². The summed E-state index contributed by atoms with van der Waals surface area (Å²) < 4.78 is 43.2. The summed E-state index contributed by atoms with van der Waals surface area (Å²) >= 11 is 5.78. The van der Waals surface area contributed by atoms with Crippen LogP contribution in [-0.2, 0) is 12.8 Å². The largest absolute Gasteiger partial charge is 0.453 e. The van der Waals surface area contributed by atoms with Crippen LogP contribution in [0.4, 0.5) is 13.2 Å². The van der Waals surface area contributed by atoms with Crippen LogP contribution in [0.15, 0.2) is 51.8 Å². The molecule has 2 aromatic heterocycles. The number of fused-ring (bicyclic) bond motifs is 1. The van der Waals surface area contributed by atoms with E-state index in [0.717, 1.165) is 16.5 Å². The summed E-state index contributed by atoms with van der Waals surface area (Å²) in [4.78, 5) is 0.00363. The number of H-pyrrole nitrogens is 1. The molecule has 0 saturated carbocycles. The summed E-state index contributed by atoms with van der Waals surface area (Å²) in [5.41, 5.74) is -1.76. The van der Waals surface area contributed by atoms with Crippen LogP contribution in [0, 0.1) is 0 Å². The smallest absolute Gasteiger partial charge is 0.446 e. The van der Waals surface area contributed by atoms with Gasteiger partial charge in [0, 0.05) is 10.3 Å². The van der Waals surface area contributed by atoms with Gasteiger partial charge in [-0.05, 0) is 65.2 Å². The Morgan fingerprint density at radius 1 is 1.04 bits per heavy atom. The molecule has 4 aromatic rings. The number of thioether (sulfide) groups is 1. The second-order valence-electron chi connectivity index (χ2n) is 6.03. The molecule has 10 heteroatoms. The lowest BCUT2D eigenvalue weighted by atomic mass is 10.0. The van der Waals surface area contributed by atoms with Crippen molar-refractivity contribution in [2.75, 3.05) is 0 Å². The second kappa shape index (κ2) is 7.48. The van der Waals surface area contributed by atoms with E-state index in [1.807, 2.05) is 24.3 Å². The number of alkyl halides is 3. The van der Waals surface area contributed by atoms with Gasteiger partial charge in [0.1, 0.15) is 5.58 Å². The first-order valence-electron chi connectivity index (χ1n) is 8.18. The number of aromatic nitrogens is 4. The number of halogens is 4. The number of benzene rings is 2. The van der Waals surface area contributed by atoms with Crippen molar-refractivity contribution in [3.63, 3.8) is 0 Å². The highest BCUT2D eigenvalue weighted by atomic mass is 35.5. The molecule has 28 heavy (non-hydrogen) atoms. The highest BCUT2D eigenvalue weighted by Gasteiger charge is 2.30. The molecule has 0 unspecified atom stereocenters. The Bertz CT molecular complexity index is 1110. The molecular formula is C18H12ClF3N4OS. The van der Waals surface area contributed by atoms with E-state index in [1.165, 1.54) is 6.07 Å². The van der Waals surface area contributed by atoms with Crippen LogP contribution in [0.5, 0.6) is 0 Å². The van der Waals surface area contributed by atoms with E-state index >= 15 is 0 Å². The normalized spacial score (nSPS) is 12.0. The zero-order valence-corrected chi connectivity index (χ0v) is 15.7. The monoisotopic (exact) mass is 424 g/mol. The topological polar surface area (TPSA) is 67.6 Å². The van der Waals surface area contributed by atoms with Crippen molar-refractivity contribution in [1.82, 2.24) is 20.6 Å². The zero-order chi connectivity index (χ0) is 19.7. The number of furan rings is 1. The van der Waals surface area contributed by atoms with Crippen molar-refractivity contribution in [3.05, 3.63) is 58.6 Å². The number of hydrogen-bond donors (Lipinski definition) is 1. The van der Waals surface area contributed by atoms with Crippen LogP contribution in [0.25, 0.3) is 22.6 Å². The number of rotatable bonds is 5. The van der Waals surface area contributed by atoms with Gasteiger partial charge in [0.25, 0.3) is 0 Å². The van der Waals surface area contributed by atoms with Crippen LogP contribution in [0.1, 0.15) is 11.1 Å². The average Bonchev–Trinajstić information content (AvgIpc) is 3.29. The summed E-state index contributed by atoms with van der Waals surface area (Å²) in [6, 6.07) is 12.3. The van der Waals surface area contributed by atoms with Gasteiger partial charge in [-0.3, -0.25) is 0 Å². The SMILES string of the molecule is FC(F)(F)Sc1ccc(CCc2ccc3cc(-c4nn[nH]n4)oc3c2)cc1Cl. The number of nitrogens with one attached hydrogen (secondary N) is 1. The minimum absolute atomic E-state index is 0.00363. The molecule has 4 rings (SSSR count). The molecule has 1 N–H and O–H groups in total. The molecule has 5 nitrogen and oxygen atoms in total. The predicted octanol–water partition coefficient (Wildman–Crippen LogP) is 5.66. The third-order valence-corrected chi connectivity index (χ3v) is 5.31. The Morgan fingerprint density at radius 3 is 2.46 bits per heavy atom. The van der Waals surface area contributed by atoms with Crippen molar-refractivity contribution in [3.8, 4) is 11.6 Å². The first-order valence-corrected chi connectivity index (χ1v) is 9.37. The summed E-state index contributed by atoms with van der Waals surface area (Å²) in [5, 5.41) is 14.7. The first kappa shape index (κ1) is 18.8. The highest BCUT2D eigenvalue weighted by molar-refractivity contribution is 8.00. The van der Waals surface area contributed by atoms with E-state index in [2.05, 4.69) is 20.6 Å². The minimum atomic E-state index is -4.36. The molecule has 2 heterocycles. The van der Waals surface area contributed by atoms with Crippen LogP contribution < -0.4 is 0 Å². The third-order valence-electron chi connectivity index (χ3n) is 4.07. The van der Waals surface area contributed by atoms with Gasteiger partial charge in [0.15, 0.2) is 5.76 Å². The van der Waals surface area contributed by atoms with E-state index in [-0.39, 0.29) is 21.7 Å². The van der Waals surface area contributed by atoms with E-state index in [0.29, 0.717) is 30.0 Å². The van der Waals surface area contributed by atoms with Crippen LogP contribution >= 0.6 is 23.4 Å². The molecule has 2 aromatic carbocycles. The van der Waals surface area contributed by atoms with Crippen LogP contribution in [0.3, 0.4) is 0 Å². The fourth-order valence-electron chi connectivity index (χ4n) is 2.80. The molecule has 0 bridgehead atoms. The van der Waals surface area contributed by atoms with Crippen LogP contribution in [-0.4, -0.2) is 26.1 Å². The number of aryl methyl sites for hydroxylation is 2. The van der Waals surface area contributed by atoms with Crippen molar-refractivity contribution in [1.29, 1.82) is 0 Å². The lowest BCUT2D eigenvalue weighted by Crippen LogP contribution is -1.99. The fourth-order valence-corrected chi connectivity index (χ4v) is 3.66. The minimum Gasteiger partial charge on any atom is -0.453 e. The summed E-state index contributed by atoms with van der Waals surface area (Å²) in [5.74, 6) is 0.898. The van der Waals surface area contributed by atoms with Crippen molar-refractivity contribution < 1.29 is 17.6 Å². The van der Waals surface area contributed by atoms with Gasteiger partial charge >= 0.3 is 5.51 Å². The van der Waals surface area contributed by atoms with Crippen molar-refractivity contribution in [2.45, 2.75) is 23.2 Å². The molecule has 0 radical (unpaired) electrons. The van der Waals surface area contributed by atoms with Crippen molar-refractivity contribution in [2.24, 2.45) is 0 Å². The standard InChI is InChI=1S/C18H12ClF3N4OS/c19-13-7-10(4-6-16(13)28-18(20,21)22)1-2-11-3-5-12-9-15(27-14(12)8-11)17-23-25-26-24-17/h3-9H,1-2H2,(H,23,24,25,26). The number of nitrogens with zero attached hydrogens (tertiary/aromatic N) is 3. The van der Waals surface area contributed by atoms with E-state index in [1.54, 1.807) is 12.1 Å². The third kappa shape index (κ3) is 4.31. The number of tetrazole rings is 1. The lowest BCUT2D eigenvalue weighted by molar-refractivity contribution is -0.0328.